The molecule has 0 atom stereocenters. The molecule has 0 amide bonds. The van der Waals surface area contributed by atoms with Gasteiger partial charge in [-0.25, -0.2) is 4.79 Å². The lowest BCUT2D eigenvalue weighted by Crippen LogP contribution is -2.21. The standard InChI is InChI=1S/C16H14ClN3O2/c17-10-5-6-13-12(7-10)14(15(20-13)16(21)22)11-4-2-1-3-9(11)8-19-18/h1-7,19-20H,8,18H2,(H,21,22). The minimum absolute atomic E-state index is 0.140. The predicted octanol–water partition coefficient (Wildman–Crippen LogP) is 3.15. The van der Waals surface area contributed by atoms with Gasteiger partial charge in [-0.2, -0.15) is 0 Å². The number of nitrogens with two attached hydrogens (primary N) is 1. The van der Waals surface area contributed by atoms with Crippen LogP contribution in [0.25, 0.3) is 22.0 Å². The van der Waals surface area contributed by atoms with Crippen molar-refractivity contribution in [3.63, 3.8) is 0 Å². The van der Waals surface area contributed by atoms with E-state index in [1.54, 1.807) is 18.2 Å². The highest BCUT2D eigenvalue weighted by atomic mass is 35.5. The molecule has 0 saturated heterocycles. The number of aromatic amines is 1. The number of carboxylic acid groups (broad SMARTS) is 1. The number of halogens is 1. The summed E-state index contributed by atoms with van der Waals surface area (Å²) >= 11 is 6.07. The Morgan fingerprint density at radius 2 is 2.05 bits per heavy atom. The molecule has 0 unspecified atom stereocenters. The highest BCUT2D eigenvalue weighted by Gasteiger charge is 2.20. The van der Waals surface area contributed by atoms with E-state index in [0.29, 0.717) is 17.1 Å². The van der Waals surface area contributed by atoms with Crippen molar-refractivity contribution in [1.29, 1.82) is 0 Å². The maximum Gasteiger partial charge on any atom is 0.352 e. The Bertz CT molecular complexity index is 858. The van der Waals surface area contributed by atoms with Gasteiger partial charge in [-0.1, -0.05) is 35.9 Å². The molecule has 112 valence electrons. The maximum atomic E-state index is 11.6. The van der Waals surface area contributed by atoms with Gasteiger partial charge in [-0.05, 0) is 29.3 Å². The molecule has 5 nitrogen and oxygen atoms in total. The van der Waals surface area contributed by atoms with Crippen LogP contribution in [0.5, 0.6) is 0 Å². The average Bonchev–Trinajstić information content (AvgIpc) is 2.87. The Morgan fingerprint density at radius 3 is 2.77 bits per heavy atom. The number of nitrogens with one attached hydrogen (secondary N) is 2. The summed E-state index contributed by atoms with van der Waals surface area (Å²) in [6.45, 7) is 0.433. The first-order valence-corrected chi connectivity index (χ1v) is 7.06. The van der Waals surface area contributed by atoms with Gasteiger partial charge in [0.05, 0.1) is 0 Å². The van der Waals surface area contributed by atoms with Gasteiger partial charge in [0.2, 0.25) is 0 Å². The third-order valence-electron chi connectivity index (χ3n) is 3.55. The molecule has 22 heavy (non-hydrogen) atoms. The molecular formula is C16H14ClN3O2. The number of fused-ring (bicyclic) bond motifs is 1. The fraction of sp³-hybridized carbons (Fsp3) is 0.0625. The number of carboxylic acids is 1. The van der Waals surface area contributed by atoms with Crippen LogP contribution in [-0.4, -0.2) is 16.1 Å². The smallest absolute Gasteiger partial charge is 0.352 e. The number of rotatable bonds is 4. The minimum Gasteiger partial charge on any atom is -0.477 e. The van der Waals surface area contributed by atoms with Crippen LogP contribution in [0.15, 0.2) is 42.5 Å². The van der Waals surface area contributed by atoms with Crippen LogP contribution in [0.4, 0.5) is 0 Å². The molecule has 0 radical (unpaired) electrons. The van der Waals surface area contributed by atoms with Crippen LogP contribution in [0.3, 0.4) is 0 Å². The second-order valence-electron chi connectivity index (χ2n) is 4.91. The van der Waals surface area contributed by atoms with E-state index in [0.717, 1.165) is 22.0 Å². The zero-order chi connectivity index (χ0) is 15.7. The van der Waals surface area contributed by atoms with E-state index < -0.39 is 5.97 Å². The van der Waals surface area contributed by atoms with Gasteiger partial charge >= 0.3 is 5.97 Å². The van der Waals surface area contributed by atoms with E-state index in [2.05, 4.69) is 10.4 Å². The average molecular weight is 316 g/mol. The van der Waals surface area contributed by atoms with Crippen molar-refractivity contribution in [3.05, 3.63) is 58.7 Å². The van der Waals surface area contributed by atoms with E-state index >= 15 is 0 Å². The quantitative estimate of drug-likeness (QED) is 0.439. The molecule has 2 aromatic carbocycles. The van der Waals surface area contributed by atoms with E-state index in [1.165, 1.54) is 0 Å². The first kappa shape index (κ1) is 14.6. The van der Waals surface area contributed by atoms with Crippen molar-refractivity contribution >= 4 is 28.5 Å². The molecule has 0 fully saturated rings. The first-order valence-electron chi connectivity index (χ1n) is 6.68. The monoisotopic (exact) mass is 315 g/mol. The predicted molar refractivity (Wildman–Crippen MR) is 86.7 cm³/mol. The number of hydrogen-bond donors (Lipinski definition) is 4. The van der Waals surface area contributed by atoms with Gasteiger partial charge < -0.3 is 10.1 Å². The van der Waals surface area contributed by atoms with Crippen molar-refractivity contribution in [2.45, 2.75) is 6.54 Å². The third-order valence-corrected chi connectivity index (χ3v) is 3.79. The Balaban J connectivity index is 2.36. The number of carbonyl (C=O) groups is 1. The molecule has 0 aliphatic carbocycles. The highest BCUT2D eigenvalue weighted by molar-refractivity contribution is 6.31. The number of hydrogen-bond acceptors (Lipinski definition) is 3. The zero-order valence-corrected chi connectivity index (χ0v) is 12.3. The molecular weight excluding hydrogens is 302 g/mol. The normalized spacial score (nSPS) is 11.0. The number of hydrazine groups is 1. The first-order chi connectivity index (χ1) is 10.6. The van der Waals surface area contributed by atoms with Crippen LogP contribution in [-0.2, 0) is 6.54 Å². The Morgan fingerprint density at radius 1 is 1.27 bits per heavy atom. The fourth-order valence-electron chi connectivity index (χ4n) is 2.63. The lowest BCUT2D eigenvalue weighted by atomic mass is 9.97. The van der Waals surface area contributed by atoms with Crippen LogP contribution in [0.1, 0.15) is 16.1 Å². The van der Waals surface area contributed by atoms with E-state index in [-0.39, 0.29) is 5.69 Å². The topological polar surface area (TPSA) is 91.1 Å². The highest BCUT2D eigenvalue weighted by Crippen LogP contribution is 2.35. The van der Waals surface area contributed by atoms with Gasteiger partial charge in [0.15, 0.2) is 0 Å². The Labute approximate surface area is 131 Å². The molecule has 1 aromatic heterocycles. The maximum absolute atomic E-state index is 11.6. The van der Waals surface area contributed by atoms with Gasteiger partial charge in [0.25, 0.3) is 0 Å². The van der Waals surface area contributed by atoms with Gasteiger partial charge in [0.1, 0.15) is 5.69 Å². The van der Waals surface area contributed by atoms with Gasteiger partial charge in [-0.3, -0.25) is 11.3 Å². The molecule has 0 spiro atoms. The van der Waals surface area contributed by atoms with Crippen molar-refractivity contribution < 1.29 is 9.90 Å². The van der Waals surface area contributed by atoms with E-state index in [9.17, 15) is 9.90 Å². The van der Waals surface area contributed by atoms with Crippen molar-refractivity contribution in [1.82, 2.24) is 10.4 Å². The molecule has 5 N–H and O–H groups in total. The Kier molecular flexibility index (Phi) is 3.85. The lowest BCUT2D eigenvalue weighted by Gasteiger charge is -2.09. The second kappa shape index (κ2) is 5.81. The number of aromatic nitrogens is 1. The van der Waals surface area contributed by atoms with Crippen molar-refractivity contribution in [3.8, 4) is 11.1 Å². The third kappa shape index (κ3) is 2.46. The molecule has 0 aliphatic rings. The van der Waals surface area contributed by atoms with Crippen molar-refractivity contribution in [2.24, 2.45) is 5.84 Å². The molecule has 3 aromatic rings. The lowest BCUT2D eigenvalue weighted by molar-refractivity contribution is 0.0692. The summed E-state index contributed by atoms with van der Waals surface area (Å²) in [4.78, 5) is 14.6. The van der Waals surface area contributed by atoms with Gasteiger partial charge in [0, 0.05) is 28.0 Å². The van der Waals surface area contributed by atoms with Crippen molar-refractivity contribution in [2.75, 3.05) is 0 Å². The second-order valence-corrected chi connectivity index (χ2v) is 5.34. The number of benzene rings is 2. The summed E-state index contributed by atoms with van der Waals surface area (Å²) in [6, 6.07) is 12.8. The zero-order valence-electron chi connectivity index (χ0n) is 11.6. The molecule has 1 heterocycles. The van der Waals surface area contributed by atoms with Crippen LogP contribution >= 0.6 is 11.6 Å². The molecule has 3 rings (SSSR count). The van der Waals surface area contributed by atoms with Crippen LogP contribution in [0, 0.1) is 0 Å². The summed E-state index contributed by atoms with van der Waals surface area (Å²) in [5, 5.41) is 10.8. The van der Waals surface area contributed by atoms with E-state index in [1.807, 2.05) is 24.3 Å². The molecule has 0 aliphatic heterocycles. The van der Waals surface area contributed by atoms with Crippen LogP contribution < -0.4 is 11.3 Å². The fourth-order valence-corrected chi connectivity index (χ4v) is 2.80. The minimum atomic E-state index is -1.02. The molecule has 0 bridgehead atoms. The summed E-state index contributed by atoms with van der Waals surface area (Å²) in [7, 11) is 0. The van der Waals surface area contributed by atoms with E-state index in [4.69, 9.17) is 17.4 Å². The Hall–Kier alpha value is -2.34. The number of H-pyrrole nitrogens is 1. The molecule has 6 heteroatoms. The summed E-state index contributed by atoms with van der Waals surface area (Å²) in [6.07, 6.45) is 0. The molecule has 0 saturated carbocycles. The number of aromatic carboxylic acids is 1. The summed E-state index contributed by atoms with van der Waals surface area (Å²) in [5.74, 6) is 4.41. The summed E-state index contributed by atoms with van der Waals surface area (Å²) < 4.78 is 0. The largest absolute Gasteiger partial charge is 0.477 e. The van der Waals surface area contributed by atoms with Gasteiger partial charge in [-0.15, -0.1) is 0 Å². The summed E-state index contributed by atoms with van der Waals surface area (Å²) in [5.41, 5.74) is 5.82. The van der Waals surface area contributed by atoms with Crippen LogP contribution in [0.2, 0.25) is 5.02 Å². The SMILES string of the molecule is NNCc1ccccc1-c1c(C(=O)O)[nH]c2ccc(Cl)cc12.